The van der Waals surface area contributed by atoms with Gasteiger partial charge in [-0.05, 0) is 199 Å². The van der Waals surface area contributed by atoms with Crippen LogP contribution in [0.25, 0.3) is 33.4 Å². The van der Waals surface area contributed by atoms with Gasteiger partial charge in [-0.25, -0.2) is 57.9 Å². The lowest BCUT2D eigenvalue weighted by molar-refractivity contribution is 0.0580. The minimum atomic E-state index is -1.97. The first-order valence-electron chi connectivity index (χ1n) is 35.9. The average molecular weight is 1800 g/mol. The third-order valence-electron chi connectivity index (χ3n) is 16.7. The van der Waals surface area contributed by atoms with E-state index < -0.39 is 91.8 Å². The number of esters is 3. The predicted octanol–water partition coefficient (Wildman–Crippen LogP) is 18.6. The molecule has 2 atom stereocenters. The lowest BCUT2D eigenvalue weighted by Gasteiger charge is -2.13. The number of aromatic amines is 1. The number of H-pyrrole nitrogens is 1. The molecule has 0 spiro atoms. The van der Waals surface area contributed by atoms with Gasteiger partial charge in [0, 0.05) is 105 Å². The molecule has 13 aromatic rings. The number of methoxy groups -OCH3 is 3. The fourth-order valence-electron chi connectivity index (χ4n) is 10.6. The number of aromatic nitrogens is 5. The Kier molecular flexibility index (Phi) is 36.2. The van der Waals surface area contributed by atoms with Gasteiger partial charge in [0.05, 0.1) is 59.4 Å². The van der Waals surface area contributed by atoms with Crippen molar-refractivity contribution >= 4 is 96.8 Å². The Hall–Kier alpha value is -11.4. The molecule has 8 aromatic carbocycles. The SMILES string of the molecule is CC(C)(C)S(N)=O.CC(C)(C)[S@](=O)N=Cc1cc(-c2cc(F)ccc2F)cn1Cc1ccccc1.COC(=O)c1cc(-c2cc(F)ccc2F)cn1Cc1ccccc1.COC(=O)c1cc(Br)c[nH]1.COC(=O)c1cc(Br)cn1Cc1ccccc1.O=Cc1cc(-c2cc(F)ccc2F)cn1Cc1ccccc1.OB(O)c1cc(F)ccc1F. The number of rotatable bonds is 18. The van der Waals surface area contributed by atoms with Crippen molar-refractivity contribution in [2.75, 3.05) is 21.3 Å². The van der Waals surface area contributed by atoms with Crippen LogP contribution in [0.2, 0.25) is 0 Å². The van der Waals surface area contributed by atoms with Crippen LogP contribution in [-0.2, 0) is 62.4 Å². The van der Waals surface area contributed by atoms with Crippen LogP contribution in [0.4, 0.5) is 35.1 Å². The molecule has 13 rings (SSSR count). The summed E-state index contributed by atoms with van der Waals surface area (Å²) in [6, 6.07) is 59.5. The number of benzene rings is 8. The van der Waals surface area contributed by atoms with E-state index in [9.17, 15) is 62.7 Å². The molecule has 0 saturated heterocycles. The Bertz CT molecular complexity index is 5610. The number of halogens is 10. The molecule has 0 bridgehead atoms. The van der Waals surface area contributed by atoms with E-state index in [1.807, 2.05) is 178 Å². The number of hydrogen-bond donors (Lipinski definition) is 4. The predicted molar refractivity (Wildman–Crippen MR) is 455 cm³/mol. The lowest BCUT2D eigenvalue weighted by atomic mass is 9.80. The number of carbonyl (C=O) groups is 4. The minimum absolute atomic E-state index is 0.104. The zero-order chi connectivity index (χ0) is 87.3. The van der Waals surface area contributed by atoms with E-state index in [0.29, 0.717) is 71.9 Å². The molecule has 5 N–H and O–H groups in total. The summed E-state index contributed by atoms with van der Waals surface area (Å²) in [5, 5.41) is 22.0. The molecule has 0 amide bonds. The van der Waals surface area contributed by atoms with Crippen molar-refractivity contribution in [3.8, 4) is 33.4 Å². The molecule has 5 heterocycles. The second-order valence-electron chi connectivity index (χ2n) is 27.7. The average Bonchev–Trinajstić information content (AvgIpc) is 1.69. The van der Waals surface area contributed by atoms with Gasteiger partial charge >= 0.3 is 25.0 Å². The Labute approximate surface area is 705 Å². The molecule has 1 unspecified atom stereocenters. The van der Waals surface area contributed by atoms with Gasteiger partial charge in [0.25, 0.3) is 0 Å². The standard InChI is InChI=1S/C22H22F2N2OS.C19H15F2NO2.C18H13F2NO.C13H12BrNO2.C6H5BF2O2.C6H6BrNO2.C4H11NOS/c1-22(2,3)28(27)25-13-19-11-17(20-12-18(23)9-10-21(20)24)15-26(19)14-16-7-5-4-6-8-16;1-24-19(23)18-9-14(16-10-15(20)7-8-17(16)21)12-22(18)11-13-5-3-2-4-6-13;19-15-6-7-18(20)17(9-15)14-8-16(12-22)21(11-14)10-13-4-2-1-3-5-13;1-17-13(16)12-7-11(14)9-15(12)8-10-5-3-2-4-6-10;8-4-1-2-6(9)5(3-4)7(10)11;1-10-6(9)5-2-4(7)3-8-5;1-4(2,3)7(5)6/h4-13,15H,14H2,1-3H3;2-10,12H,11H2,1H3;1-9,11-12H,10H2;2-7,9H,8H2,1H3;1-3,10-11H;2-3,8H,1H3;5H2,1-3H3/t28-;;;;;;/m0....../s1. The van der Waals surface area contributed by atoms with E-state index in [0.717, 1.165) is 97.9 Å². The van der Waals surface area contributed by atoms with Gasteiger partial charge in [-0.2, -0.15) is 4.40 Å². The summed E-state index contributed by atoms with van der Waals surface area (Å²) in [7, 11) is -0.552. The van der Waals surface area contributed by atoms with E-state index in [2.05, 4.69) is 46.0 Å². The highest BCUT2D eigenvalue weighted by Gasteiger charge is 2.23. The van der Waals surface area contributed by atoms with Gasteiger partial charge in [-0.3, -0.25) is 9.93 Å². The second kappa shape index (κ2) is 45.5. The Morgan fingerprint density at radius 1 is 0.454 bits per heavy atom. The third kappa shape index (κ3) is 29.5. The van der Waals surface area contributed by atoms with Gasteiger partial charge in [0.2, 0.25) is 0 Å². The maximum absolute atomic E-state index is 14.2. The molecule has 5 aromatic heterocycles. The largest absolute Gasteiger partial charge is 0.491 e. The summed E-state index contributed by atoms with van der Waals surface area (Å²) in [6.07, 6.45) is 10.8. The van der Waals surface area contributed by atoms with E-state index in [1.165, 1.54) is 39.7 Å². The third-order valence-corrected chi connectivity index (χ3v) is 20.2. The molecule has 18 nitrogen and oxygen atoms in total. The van der Waals surface area contributed by atoms with E-state index in [4.69, 9.17) is 24.7 Å². The summed E-state index contributed by atoms with van der Waals surface area (Å²) < 4.78 is 156. The highest BCUT2D eigenvalue weighted by atomic mass is 79.9. The van der Waals surface area contributed by atoms with Gasteiger partial charge in [-0.1, -0.05) is 121 Å². The molecule has 119 heavy (non-hydrogen) atoms. The van der Waals surface area contributed by atoms with Crippen molar-refractivity contribution in [2.45, 2.75) is 77.2 Å². The zero-order valence-electron chi connectivity index (χ0n) is 65.8. The van der Waals surface area contributed by atoms with E-state index >= 15 is 0 Å². The van der Waals surface area contributed by atoms with Crippen molar-refractivity contribution in [1.82, 2.24) is 23.3 Å². The highest BCUT2D eigenvalue weighted by molar-refractivity contribution is 9.10. The maximum atomic E-state index is 14.2. The van der Waals surface area contributed by atoms with Crippen molar-refractivity contribution < 1.29 is 87.0 Å². The molecule has 622 valence electrons. The van der Waals surface area contributed by atoms with Gasteiger partial charge < -0.3 is 47.5 Å². The number of nitrogens with two attached hydrogens (primary N) is 1. The number of carbonyl (C=O) groups excluding carboxylic acids is 4. The smallest absolute Gasteiger partial charge is 0.464 e. The minimum Gasteiger partial charge on any atom is -0.464 e. The first kappa shape index (κ1) is 94.7. The van der Waals surface area contributed by atoms with Crippen molar-refractivity contribution in [3.63, 3.8) is 0 Å². The second-order valence-corrected chi connectivity index (χ2v) is 33.2. The van der Waals surface area contributed by atoms with Crippen LogP contribution in [0.15, 0.2) is 269 Å². The summed E-state index contributed by atoms with van der Waals surface area (Å²) in [5.41, 5.74) is 7.97. The van der Waals surface area contributed by atoms with Gasteiger partial charge in [0.1, 0.15) is 74.6 Å². The zero-order valence-corrected chi connectivity index (χ0v) is 70.6. The van der Waals surface area contributed by atoms with Crippen LogP contribution in [0, 0.1) is 46.5 Å². The molecule has 0 aliphatic carbocycles. The molecule has 31 heteroatoms. The molecule has 0 radical (unpaired) electrons. The van der Waals surface area contributed by atoms with Crippen LogP contribution in [0.3, 0.4) is 0 Å². The number of nitrogens with one attached hydrogen (secondary N) is 1. The first-order chi connectivity index (χ1) is 56.5. The molecule has 0 fully saturated rings. The normalized spacial score (nSPS) is 11.3. The monoisotopic (exact) mass is 1800 g/mol. The Morgan fingerprint density at radius 3 is 1.15 bits per heavy atom. The van der Waals surface area contributed by atoms with Crippen molar-refractivity contribution in [2.24, 2.45) is 9.54 Å². The molecule has 0 aliphatic heterocycles. The summed E-state index contributed by atoms with van der Waals surface area (Å²) >= 11 is 6.56. The van der Waals surface area contributed by atoms with Gasteiger partial charge in [-0.15, -0.1) is 0 Å². The number of nitrogens with zero attached hydrogens (tertiary/aromatic N) is 5. The topological polar surface area (TPSA) is 244 Å². The molecule has 0 saturated carbocycles. The highest BCUT2D eigenvalue weighted by Crippen LogP contribution is 2.31. The van der Waals surface area contributed by atoms with E-state index in [1.54, 1.807) is 58.2 Å². The van der Waals surface area contributed by atoms with Crippen LogP contribution in [-0.4, -0.2) is 110 Å². The lowest BCUT2D eigenvalue weighted by Crippen LogP contribution is -2.32. The Morgan fingerprint density at radius 2 is 0.798 bits per heavy atom. The van der Waals surface area contributed by atoms with Crippen molar-refractivity contribution in [1.29, 1.82) is 0 Å². The number of ether oxygens (including phenoxy) is 3. The van der Waals surface area contributed by atoms with Crippen LogP contribution >= 0.6 is 31.9 Å². The van der Waals surface area contributed by atoms with Crippen LogP contribution in [0.1, 0.15) is 111 Å². The van der Waals surface area contributed by atoms with Crippen molar-refractivity contribution in [3.05, 3.63) is 362 Å². The number of hydrogen-bond acceptors (Lipinski definition) is 11. The fourth-order valence-corrected chi connectivity index (χ4v) is 11.9. The fraction of sp³-hybridized carbons (Fsp3) is 0.170. The maximum Gasteiger partial charge on any atom is 0.491 e. The Balaban J connectivity index is 0.000000199. The van der Waals surface area contributed by atoms with E-state index in [-0.39, 0.29) is 39.1 Å². The molecule has 0 aliphatic rings. The summed E-state index contributed by atoms with van der Waals surface area (Å²) in [4.78, 5) is 48.3. The molecular formula is C88H84BBr2F8N7O11S2. The number of aldehydes is 1. The van der Waals surface area contributed by atoms with Gasteiger partial charge in [0.15, 0.2) is 6.29 Å². The van der Waals surface area contributed by atoms with Crippen LogP contribution in [0.5, 0.6) is 0 Å². The summed E-state index contributed by atoms with van der Waals surface area (Å²) in [6.45, 7) is 13.1. The quantitative estimate of drug-likeness (QED) is 0.0157. The first-order valence-corrected chi connectivity index (χ1v) is 39.9. The summed E-state index contributed by atoms with van der Waals surface area (Å²) in [5.74, 6) is -5.87. The molecular weight excluding hydrogens is 1720 g/mol. The van der Waals surface area contributed by atoms with Crippen LogP contribution < -0.4 is 10.6 Å².